The van der Waals surface area contributed by atoms with E-state index in [4.69, 9.17) is 0 Å². The zero-order chi connectivity index (χ0) is 11.2. The first-order chi connectivity index (χ1) is 7.84. The average molecular weight is 219 g/mol. The summed E-state index contributed by atoms with van der Waals surface area (Å²) in [6.07, 6.45) is 9.22. The van der Waals surface area contributed by atoms with Crippen molar-refractivity contribution >= 4 is 6.08 Å². The standard InChI is InChI=1S/C14H18FN/c15-13-9-7-12(8-10-13)4-3-6-14-5-1-2-11-16-14/h3-4,7-10,14,16H,1-2,5-6,11H2/b4-3+. The molecule has 1 aromatic carbocycles. The SMILES string of the molecule is Fc1ccc(/C=C/CC2CCCCN2)cc1. The predicted octanol–water partition coefficient (Wildman–Crippen LogP) is 3.37. The van der Waals surface area contributed by atoms with Crippen LogP contribution < -0.4 is 5.32 Å². The van der Waals surface area contributed by atoms with Crippen molar-refractivity contribution in [3.8, 4) is 0 Å². The molecule has 1 fully saturated rings. The predicted molar refractivity (Wildman–Crippen MR) is 65.7 cm³/mol. The van der Waals surface area contributed by atoms with E-state index in [2.05, 4.69) is 17.5 Å². The number of hydrogen-bond acceptors (Lipinski definition) is 1. The molecule has 1 unspecified atom stereocenters. The molecule has 16 heavy (non-hydrogen) atoms. The summed E-state index contributed by atoms with van der Waals surface area (Å²) in [6, 6.07) is 7.24. The number of nitrogens with one attached hydrogen (secondary N) is 1. The third-order valence-corrected chi connectivity index (χ3v) is 3.01. The van der Waals surface area contributed by atoms with Gasteiger partial charge in [-0.3, -0.25) is 0 Å². The Kier molecular flexibility index (Phi) is 4.11. The number of piperidine rings is 1. The summed E-state index contributed by atoms with van der Waals surface area (Å²) < 4.78 is 12.7. The zero-order valence-corrected chi connectivity index (χ0v) is 9.45. The van der Waals surface area contributed by atoms with Crippen LogP contribution in [0.15, 0.2) is 30.3 Å². The fraction of sp³-hybridized carbons (Fsp3) is 0.429. The highest BCUT2D eigenvalue weighted by Gasteiger charge is 2.09. The van der Waals surface area contributed by atoms with Gasteiger partial charge in [-0.1, -0.05) is 30.7 Å². The van der Waals surface area contributed by atoms with Crippen molar-refractivity contribution in [2.75, 3.05) is 6.54 Å². The van der Waals surface area contributed by atoms with Crippen LogP contribution in [0.25, 0.3) is 6.08 Å². The molecule has 0 aromatic heterocycles. The van der Waals surface area contributed by atoms with E-state index >= 15 is 0 Å². The molecule has 0 spiro atoms. The van der Waals surface area contributed by atoms with E-state index in [9.17, 15) is 4.39 Å². The van der Waals surface area contributed by atoms with Gasteiger partial charge in [0.2, 0.25) is 0 Å². The maximum atomic E-state index is 12.7. The van der Waals surface area contributed by atoms with Gasteiger partial charge >= 0.3 is 0 Å². The summed E-state index contributed by atoms with van der Waals surface area (Å²) >= 11 is 0. The Morgan fingerprint density at radius 2 is 2.06 bits per heavy atom. The molecule has 1 aromatic rings. The van der Waals surface area contributed by atoms with Gasteiger partial charge in [-0.2, -0.15) is 0 Å². The monoisotopic (exact) mass is 219 g/mol. The molecule has 1 saturated heterocycles. The second-order valence-corrected chi connectivity index (χ2v) is 4.34. The van der Waals surface area contributed by atoms with Crippen molar-refractivity contribution in [2.45, 2.75) is 31.7 Å². The molecule has 86 valence electrons. The van der Waals surface area contributed by atoms with Crippen LogP contribution in [-0.2, 0) is 0 Å². The van der Waals surface area contributed by atoms with Gasteiger partial charge < -0.3 is 5.32 Å². The molecule has 1 N–H and O–H groups in total. The van der Waals surface area contributed by atoms with E-state index in [1.54, 1.807) is 12.1 Å². The van der Waals surface area contributed by atoms with Crippen molar-refractivity contribution in [3.05, 3.63) is 41.7 Å². The molecule has 0 bridgehead atoms. The highest BCUT2D eigenvalue weighted by atomic mass is 19.1. The fourth-order valence-electron chi connectivity index (χ4n) is 2.07. The average Bonchev–Trinajstić information content (AvgIpc) is 2.33. The van der Waals surface area contributed by atoms with Gasteiger partial charge in [-0.05, 0) is 43.5 Å². The lowest BCUT2D eigenvalue weighted by Crippen LogP contribution is -2.33. The molecule has 0 saturated carbocycles. The van der Waals surface area contributed by atoms with Gasteiger partial charge in [-0.25, -0.2) is 4.39 Å². The molecule has 1 heterocycles. The second-order valence-electron chi connectivity index (χ2n) is 4.34. The molecule has 2 heteroatoms. The summed E-state index contributed by atoms with van der Waals surface area (Å²) in [5, 5.41) is 3.50. The molecule has 1 aliphatic rings. The van der Waals surface area contributed by atoms with Crippen LogP contribution in [-0.4, -0.2) is 12.6 Å². The van der Waals surface area contributed by atoms with Crippen LogP contribution >= 0.6 is 0 Å². The van der Waals surface area contributed by atoms with Crippen molar-refractivity contribution in [1.29, 1.82) is 0 Å². The minimum Gasteiger partial charge on any atom is -0.314 e. The van der Waals surface area contributed by atoms with Gasteiger partial charge in [0, 0.05) is 6.04 Å². The van der Waals surface area contributed by atoms with E-state index in [0.29, 0.717) is 6.04 Å². The number of rotatable bonds is 3. The summed E-state index contributed by atoms with van der Waals surface area (Å²) in [7, 11) is 0. The minimum absolute atomic E-state index is 0.175. The Hall–Kier alpha value is -1.15. The smallest absolute Gasteiger partial charge is 0.123 e. The molecule has 1 aliphatic heterocycles. The Bertz CT molecular complexity index is 336. The van der Waals surface area contributed by atoms with Gasteiger partial charge in [0.1, 0.15) is 5.82 Å². The first kappa shape index (κ1) is 11.3. The minimum atomic E-state index is -0.175. The van der Waals surface area contributed by atoms with Crippen molar-refractivity contribution < 1.29 is 4.39 Å². The van der Waals surface area contributed by atoms with E-state index in [1.165, 1.54) is 31.4 Å². The van der Waals surface area contributed by atoms with E-state index in [-0.39, 0.29) is 5.82 Å². The number of hydrogen-bond donors (Lipinski definition) is 1. The molecule has 1 atom stereocenters. The summed E-state index contributed by atoms with van der Waals surface area (Å²) in [5.74, 6) is -0.175. The van der Waals surface area contributed by atoms with Crippen LogP contribution in [0, 0.1) is 5.82 Å². The molecule has 0 aliphatic carbocycles. The van der Waals surface area contributed by atoms with Crippen molar-refractivity contribution in [1.82, 2.24) is 5.32 Å². The van der Waals surface area contributed by atoms with Gasteiger partial charge in [0.25, 0.3) is 0 Å². The van der Waals surface area contributed by atoms with Gasteiger partial charge in [0.05, 0.1) is 0 Å². The second kappa shape index (κ2) is 5.80. The van der Waals surface area contributed by atoms with Crippen molar-refractivity contribution in [2.24, 2.45) is 0 Å². The summed E-state index contributed by atoms with van der Waals surface area (Å²) in [5.41, 5.74) is 1.07. The summed E-state index contributed by atoms with van der Waals surface area (Å²) in [6.45, 7) is 1.15. The Morgan fingerprint density at radius 1 is 1.25 bits per heavy atom. The Balaban J connectivity index is 1.82. The van der Waals surface area contributed by atoms with Crippen LogP contribution in [0.1, 0.15) is 31.2 Å². The third-order valence-electron chi connectivity index (χ3n) is 3.01. The number of benzene rings is 1. The summed E-state index contributed by atoms with van der Waals surface area (Å²) in [4.78, 5) is 0. The van der Waals surface area contributed by atoms with E-state index in [0.717, 1.165) is 18.5 Å². The van der Waals surface area contributed by atoms with Gasteiger partial charge in [-0.15, -0.1) is 0 Å². The lowest BCUT2D eigenvalue weighted by molar-refractivity contribution is 0.404. The van der Waals surface area contributed by atoms with Crippen LogP contribution in [0.5, 0.6) is 0 Å². The van der Waals surface area contributed by atoms with Crippen molar-refractivity contribution in [3.63, 3.8) is 0 Å². The number of halogens is 1. The largest absolute Gasteiger partial charge is 0.314 e. The first-order valence-corrected chi connectivity index (χ1v) is 6.00. The van der Waals surface area contributed by atoms with Gasteiger partial charge in [0.15, 0.2) is 0 Å². The molecule has 2 rings (SSSR count). The highest BCUT2D eigenvalue weighted by Crippen LogP contribution is 2.12. The Labute approximate surface area is 96.4 Å². The topological polar surface area (TPSA) is 12.0 Å². The van der Waals surface area contributed by atoms with Crippen LogP contribution in [0.4, 0.5) is 4.39 Å². The molecule has 1 nitrogen and oxygen atoms in total. The molecule has 0 amide bonds. The van der Waals surface area contributed by atoms with E-state index in [1.807, 2.05) is 0 Å². The zero-order valence-electron chi connectivity index (χ0n) is 9.45. The highest BCUT2D eigenvalue weighted by molar-refractivity contribution is 5.48. The lowest BCUT2D eigenvalue weighted by atomic mass is 10.0. The maximum Gasteiger partial charge on any atom is 0.123 e. The van der Waals surface area contributed by atoms with E-state index < -0.39 is 0 Å². The Morgan fingerprint density at radius 3 is 2.75 bits per heavy atom. The molecular formula is C14H18FN. The fourth-order valence-corrected chi connectivity index (χ4v) is 2.07. The molecule has 0 radical (unpaired) electrons. The first-order valence-electron chi connectivity index (χ1n) is 6.00. The molecular weight excluding hydrogens is 201 g/mol. The normalized spacial score (nSPS) is 21.4. The van der Waals surface area contributed by atoms with Crippen LogP contribution in [0.3, 0.4) is 0 Å². The maximum absolute atomic E-state index is 12.7. The lowest BCUT2D eigenvalue weighted by Gasteiger charge is -2.21. The third kappa shape index (κ3) is 3.46. The van der Waals surface area contributed by atoms with Crippen LogP contribution in [0.2, 0.25) is 0 Å². The quantitative estimate of drug-likeness (QED) is 0.821.